The molecule has 1 atom stereocenters. The lowest BCUT2D eigenvalue weighted by Gasteiger charge is -2.35. The lowest BCUT2D eigenvalue weighted by Crippen LogP contribution is -2.47. The van der Waals surface area contributed by atoms with Crippen LogP contribution in [0, 0.1) is 5.92 Å². The maximum absolute atomic E-state index is 10.7. The molecule has 88 valence electrons. The van der Waals surface area contributed by atoms with Crippen molar-refractivity contribution in [2.45, 2.75) is 32.7 Å². The molecule has 0 radical (unpaired) electrons. The smallest absolute Gasteiger partial charge is 0.305 e. The molecule has 0 spiro atoms. The topological polar surface area (TPSA) is 49.8 Å². The van der Waals surface area contributed by atoms with E-state index in [2.05, 4.69) is 18.7 Å². The van der Waals surface area contributed by atoms with Gasteiger partial charge >= 0.3 is 5.97 Å². The number of morpholine rings is 1. The largest absolute Gasteiger partial charge is 0.481 e. The van der Waals surface area contributed by atoms with Gasteiger partial charge in [-0.25, -0.2) is 0 Å². The van der Waals surface area contributed by atoms with E-state index in [9.17, 15) is 4.79 Å². The summed E-state index contributed by atoms with van der Waals surface area (Å²) in [5, 5.41) is 8.78. The standard InChI is InChI=1S/C11H21NO3/c1-9(2)3-4-12-5-6-15-8-10(12)7-11(13)14/h9-10H,3-8H2,1-2H3,(H,13,14). The second kappa shape index (κ2) is 6.08. The molecule has 0 aromatic heterocycles. The van der Waals surface area contributed by atoms with Crippen molar-refractivity contribution in [3.05, 3.63) is 0 Å². The van der Waals surface area contributed by atoms with Crippen molar-refractivity contribution < 1.29 is 14.6 Å². The van der Waals surface area contributed by atoms with E-state index in [1.54, 1.807) is 0 Å². The third-order valence-electron chi connectivity index (χ3n) is 2.75. The zero-order valence-corrected chi connectivity index (χ0v) is 9.61. The first-order valence-corrected chi connectivity index (χ1v) is 5.63. The number of aliphatic carboxylic acids is 1. The minimum absolute atomic E-state index is 0.0648. The van der Waals surface area contributed by atoms with Crippen molar-refractivity contribution in [2.24, 2.45) is 5.92 Å². The summed E-state index contributed by atoms with van der Waals surface area (Å²) in [4.78, 5) is 12.9. The van der Waals surface area contributed by atoms with Crippen molar-refractivity contribution in [3.8, 4) is 0 Å². The van der Waals surface area contributed by atoms with Crippen LogP contribution in [0.4, 0.5) is 0 Å². The molecule has 1 unspecified atom stereocenters. The molecule has 0 bridgehead atoms. The molecule has 1 N–H and O–H groups in total. The zero-order chi connectivity index (χ0) is 11.3. The van der Waals surface area contributed by atoms with Crippen LogP contribution in [0.3, 0.4) is 0 Å². The van der Waals surface area contributed by atoms with E-state index in [1.165, 1.54) is 0 Å². The van der Waals surface area contributed by atoms with Crippen LogP contribution in [0.2, 0.25) is 0 Å². The molecule has 1 fully saturated rings. The molecule has 15 heavy (non-hydrogen) atoms. The molecule has 4 heteroatoms. The fourth-order valence-corrected chi connectivity index (χ4v) is 1.80. The third-order valence-corrected chi connectivity index (χ3v) is 2.75. The molecule has 0 saturated carbocycles. The van der Waals surface area contributed by atoms with Crippen LogP contribution in [-0.4, -0.2) is 48.3 Å². The first kappa shape index (κ1) is 12.5. The molecular formula is C11H21NO3. The van der Waals surface area contributed by atoms with Crippen molar-refractivity contribution >= 4 is 5.97 Å². The number of nitrogens with zero attached hydrogens (tertiary/aromatic N) is 1. The monoisotopic (exact) mass is 215 g/mol. The van der Waals surface area contributed by atoms with Gasteiger partial charge in [-0.1, -0.05) is 13.8 Å². The van der Waals surface area contributed by atoms with E-state index in [1.807, 2.05) is 0 Å². The van der Waals surface area contributed by atoms with Gasteiger partial charge in [-0.15, -0.1) is 0 Å². The molecule has 1 rings (SSSR count). The molecular weight excluding hydrogens is 194 g/mol. The fraction of sp³-hybridized carbons (Fsp3) is 0.909. The Balaban J connectivity index is 2.39. The summed E-state index contributed by atoms with van der Waals surface area (Å²) in [7, 11) is 0. The maximum atomic E-state index is 10.7. The van der Waals surface area contributed by atoms with Crippen molar-refractivity contribution in [3.63, 3.8) is 0 Å². The Bertz CT molecular complexity index is 206. The second-order valence-corrected chi connectivity index (χ2v) is 4.55. The van der Waals surface area contributed by atoms with Crippen molar-refractivity contribution in [1.29, 1.82) is 0 Å². The molecule has 0 aromatic carbocycles. The molecule has 1 aliphatic rings. The number of carbonyl (C=O) groups is 1. The number of rotatable bonds is 5. The van der Waals surface area contributed by atoms with E-state index in [0.717, 1.165) is 26.1 Å². The first-order chi connectivity index (χ1) is 7.09. The average Bonchev–Trinajstić information content (AvgIpc) is 2.15. The van der Waals surface area contributed by atoms with Gasteiger partial charge in [0.2, 0.25) is 0 Å². The van der Waals surface area contributed by atoms with Gasteiger partial charge in [0.15, 0.2) is 0 Å². The first-order valence-electron chi connectivity index (χ1n) is 5.63. The van der Waals surface area contributed by atoms with Gasteiger partial charge < -0.3 is 9.84 Å². The Hall–Kier alpha value is -0.610. The van der Waals surface area contributed by atoms with Crippen molar-refractivity contribution in [1.82, 2.24) is 4.90 Å². The third kappa shape index (κ3) is 4.62. The van der Waals surface area contributed by atoms with E-state index < -0.39 is 5.97 Å². The van der Waals surface area contributed by atoms with Gasteiger partial charge in [0.25, 0.3) is 0 Å². The molecule has 0 aliphatic carbocycles. The van der Waals surface area contributed by atoms with E-state index >= 15 is 0 Å². The number of carboxylic acid groups (broad SMARTS) is 1. The Morgan fingerprint density at radius 1 is 1.60 bits per heavy atom. The van der Waals surface area contributed by atoms with Crippen LogP contribution in [0.25, 0.3) is 0 Å². The van der Waals surface area contributed by atoms with Gasteiger partial charge in [-0.05, 0) is 18.9 Å². The quantitative estimate of drug-likeness (QED) is 0.749. The van der Waals surface area contributed by atoms with Gasteiger partial charge in [-0.3, -0.25) is 9.69 Å². The Morgan fingerprint density at radius 2 is 2.33 bits per heavy atom. The summed E-state index contributed by atoms with van der Waals surface area (Å²) >= 11 is 0. The summed E-state index contributed by atoms with van der Waals surface area (Å²) in [6.07, 6.45) is 1.31. The lowest BCUT2D eigenvalue weighted by atomic mass is 10.1. The Morgan fingerprint density at radius 3 is 2.93 bits per heavy atom. The minimum atomic E-state index is -0.736. The van der Waals surface area contributed by atoms with Gasteiger partial charge in [0, 0.05) is 12.6 Å². The lowest BCUT2D eigenvalue weighted by molar-refractivity contribution is -0.140. The van der Waals surface area contributed by atoms with Crippen LogP contribution in [0.1, 0.15) is 26.7 Å². The van der Waals surface area contributed by atoms with E-state index in [-0.39, 0.29) is 12.5 Å². The summed E-state index contributed by atoms with van der Waals surface area (Å²) in [5.74, 6) is -0.0710. The molecule has 0 aromatic rings. The predicted octanol–water partition coefficient (Wildman–Crippen LogP) is 1.21. The van der Waals surface area contributed by atoms with Crippen LogP contribution < -0.4 is 0 Å². The maximum Gasteiger partial charge on any atom is 0.305 e. The summed E-state index contributed by atoms with van der Waals surface area (Å²) in [5.41, 5.74) is 0. The summed E-state index contributed by atoms with van der Waals surface area (Å²) in [6.45, 7) is 7.52. The zero-order valence-electron chi connectivity index (χ0n) is 9.61. The summed E-state index contributed by atoms with van der Waals surface area (Å²) < 4.78 is 5.32. The van der Waals surface area contributed by atoms with Crippen molar-refractivity contribution in [2.75, 3.05) is 26.3 Å². The SMILES string of the molecule is CC(C)CCN1CCOCC1CC(=O)O. The Kier molecular flexibility index (Phi) is 5.05. The average molecular weight is 215 g/mol. The van der Waals surface area contributed by atoms with Gasteiger partial charge in [0.05, 0.1) is 19.6 Å². The highest BCUT2D eigenvalue weighted by Gasteiger charge is 2.24. The highest BCUT2D eigenvalue weighted by Crippen LogP contribution is 2.13. The number of hydrogen-bond acceptors (Lipinski definition) is 3. The summed E-state index contributed by atoms with van der Waals surface area (Å²) in [6, 6.07) is 0.0648. The Labute approximate surface area is 91.2 Å². The normalized spacial score (nSPS) is 23.3. The highest BCUT2D eigenvalue weighted by molar-refractivity contribution is 5.67. The predicted molar refractivity (Wildman–Crippen MR) is 57.9 cm³/mol. The molecule has 4 nitrogen and oxygen atoms in total. The van der Waals surface area contributed by atoms with Gasteiger partial charge in [0.1, 0.15) is 0 Å². The second-order valence-electron chi connectivity index (χ2n) is 4.55. The molecule has 1 aliphatic heterocycles. The van der Waals surface area contributed by atoms with Crippen LogP contribution >= 0.6 is 0 Å². The van der Waals surface area contributed by atoms with E-state index in [4.69, 9.17) is 9.84 Å². The number of carboxylic acids is 1. The van der Waals surface area contributed by atoms with Crippen LogP contribution in [-0.2, 0) is 9.53 Å². The molecule has 1 heterocycles. The fourth-order valence-electron chi connectivity index (χ4n) is 1.80. The molecule has 1 saturated heterocycles. The van der Waals surface area contributed by atoms with Gasteiger partial charge in [-0.2, -0.15) is 0 Å². The van der Waals surface area contributed by atoms with Crippen LogP contribution in [0.15, 0.2) is 0 Å². The van der Waals surface area contributed by atoms with Crippen LogP contribution in [0.5, 0.6) is 0 Å². The number of ether oxygens (including phenoxy) is 1. The highest BCUT2D eigenvalue weighted by atomic mass is 16.5. The molecule has 0 amide bonds. The minimum Gasteiger partial charge on any atom is -0.481 e. The van der Waals surface area contributed by atoms with E-state index in [0.29, 0.717) is 12.5 Å². The number of hydrogen-bond donors (Lipinski definition) is 1.